The van der Waals surface area contributed by atoms with E-state index < -0.39 is 5.60 Å². The molecule has 0 aromatic carbocycles. The lowest BCUT2D eigenvalue weighted by Gasteiger charge is -2.21. The van der Waals surface area contributed by atoms with Crippen LogP contribution in [0.15, 0.2) is 16.5 Å². The summed E-state index contributed by atoms with van der Waals surface area (Å²) in [5, 5.41) is 12.6. The van der Waals surface area contributed by atoms with Crippen molar-refractivity contribution in [1.29, 1.82) is 0 Å². The molecule has 1 rings (SSSR count). The molecule has 2 N–H and O–H groups in total. The van der Waals surface area contributed by atoms with Gasteiger partial charge < -0.3 is 19.6 Å². The molecular formula is C11H17NO4. The fourth-order valence-corrected chi connectivity index (χ4v) is 1.26. The fourth-order valence-electron chi connectivity index (χ4n) is 1.26. The van der Waals surface area contributed by atoms with Crippen molar-refractivity contribution < 1.29 is 19.1 Å². The van der Waals surface area contributed by atoms with Crippen molar-refractivity contribution in [1.82, 2.24) is 5.32 Å². The van der Waals surface area contributed by atoms with E-state index >= 15 is 0 Å². The molecule has 16 heavy (non-hydrogen) atoms. The second kappa shape index (κ2) is 5.14. The number of aliphatic hydroxyl groups is 1. The molecule has 1 aromatic rings. The number of hydrogen-bond donors (Lipinski definition) is 2. The van der Waals surface area contributed by atoms with Gasteiger partial charge in [-0.05, 0) is 26.0 Å². The van der Waals surface area contributed by atoms with E-state index in [1.165, 1.54) is 7.11 Å². The number of rotatable bonds is 5. The Morgan fingerprint density at radius 3 is 2.81 bits per heavy atom. The first-order chi connectivity index (χ1) is 7.45. The van der Waals surface area contributed by atoms with Gasteiger partial charge in [-0.3, -0.25) is 4.79 Å². The molecule has 0 aliphatic carbocycles. The minimum atomic E-state index is -1.21. The quantitative estimate of drug-likeness (QED) is 0.771. The summed E-state index contributed by atoms with van der Waals surface area (Å²) in [6, 6.07) is 3.46. The van der Waals surface area contributed by atoms with Gasteiger partial charge in [0.25, 0.3) is 0 Å². The third-order valence-corrected chi connectivity index (χ3v) is 2.18. The highest BCUT2D eigenvalue weighted by molar-refractivity contribution is 5.77. The average molecular weight is 227 g/mol. The molecule has 1 atom stereocenters. The molecule has 0 aliphatic rings. The number of aryl methyl sites for hydroxylation is 1. The predicted molar refractivity (Wildman–Crippen MR) is 57.9 cm³/mol. The Morgan fingerprint density at radius 2 is 2.31 bits per heavy atom. The Hall–Kier alpha value is -1.33. The van der Waals surface area contributed by atoms with Crippen LogP contribution in [0, 0.1) is 6.92 Å². The number of carbonyl (C=O) groups excluding carboxylic acids is 1. The molecule has 1 aromatic heterocycles. The second-order valence-corrected chi connectivity index (χ2v) is 3.89. The largest absolute Gasteiger partial charge is 0.463 e. The number of ether oxygens (including phenoxy) is 1. The molecule has 0 aliphatic heterocycles. The van der Waals surface area contributed by atoms with Crippen LogP contribution in [0.5, 0.6) is 0 Å². The molecule has 0 saturated carbocycles. The molecule has 5 nitrogen and oxygen atoms in total. The van der Waals surface area contributed by atoms with Crippen LogP contribution in [-0.4, -0.2) is 31.3 Å². The van der Waals surface area contributed by atoms with Gasteiger partial charge in [0, 0.05) is 7.11 Å². The smallest absolute Gasteiger partial charge is 0.246 e. The van der Waals surface area contributed by atoms with Gasteiger partial charge in [-0.2, -0.15) is 0 Å². The highest BCUT2D eigenvalue weighted by atomic mass is 16.5. The van der Waals surface area contributed by atoms with Crippen molar-refractivity contribution in [2.75, 3.05) is 20.3 Å². The zero-order chi connectivity index (χ0) is 12.2. The van der Waals surface area contributed by atoms with Gasteiger partial charge >= 0.3 is 0 Å². The Bertz CT molecular complexity index is 357. The SMILES string of the molecule is COCC(=O)NCC(C)(O)c1ccc(C)o1. The first kappa shape index (κ1) is 12.7. The summed E-state index contributed by atoms with van der Waals surface area (Å²) in [6.07, 6.45) is 0. The van der Waals surface area contributed by atoms with Crippen LogP contribution in [-0.2, 0) is 15.1 Å². The van der Waals surface area contributed by atoms with Crippen LogP contribution >= 0.6 is 0 Å². The minimum absolute atomic E-state index is 0.0206. The van der Waals surface area contributed by atoms with Gasteiger partial charge in [0.05, 0.1) is 6.54 Å². The minimum Gasteiger partial charge on any atom is -0.463 e. The van der Waals surface area contributed by atoms with E-state index in [0.717, 1.165) is 5.76 Å². The van der Waals surface area contributed by atoms with Crippen LogP contribution in [0.4, 0.5) is 0 Å². The number of carbonyl (C=O) groups is 1. The summed E-state index contributed by atoms with van der Waals surface area (Å²) in [4.78, 5) is 11.1. The lowest BCUT2D eigenvalue weighted by atomic mass is 10.0. The average Bonchev–Trinajstić information content (AvgIpc) is 2.63. The van der Waals surface area contributed by atoms with E-state index in [1.54, 1.807) is 26.0 Å². The molecule has 1 amide bonds. The van der Waals surface area contributed by atoms with E-state index in [-0.39, 0.29) is 19.1 Å². The summed E-state index contributed by atoms with van der Waals surface area (Å²) >= 11 is 0. The molecule has 0 fully saturated rings. The maximum Gasteiger partial charge on any atom is 0.246 e. The zero-order valence-electron chi connectivity index (χ0n) is 9.74. The molecule has 1 unspecified atom stereocenters. The third kappa shape index (κ3) is 3.36. The molecule has 1 heterocycles. The van der Waals surface area contributed by atoms with Crippen LogP contribution in [0.25, 0.3) is 0 Å². The van der Waals surface area contributed by atoms with Crippen molar-refractivity contribution in [2.45, 2.75) is 19.4 Å². The van der Waals surface area contributed by atoms with Gasteiger partial charge in [-0.25, -0.2) is 0 Å². The first-order valence-electron chi connectivity index (χ1n) is 5.00. The molecule has 0 spiro atoms. The third-order valence-electron chi connectivity index (χ3n) is 2.18. The molecule has 5 heteroatoms. The maximum absolute atomic E-state index is 11.1. The van der Waals surface area contributed by atoms with Gasteiger partial charge in [-0.15, -0.1) is 0 Å². The van der Waals surface area contributed by atoms with Gasteiger partial charge in [-0.1, -0.05) is 0 Å². The van der Waals surface area contributed by atoms with Crippen LogP contribution < -0.4 is 5.32 Å². The second-order valence-electron chi connectivity index (χ2n) is 3.89. The summed E-state index contributed by atoms with van der Waals surface area (Å²) in [5.41, 5.74) is -1.21. The molecule has 90 valence electrons. The van der Waals surface area contributed by atoms with E-state index in [1.807, 2.05) is 0 Å². The van der Waals surface area contributed by atoms with E-state index in [2.05, 4.69) is 10.1 Å². The van der Waals surface area contributed by atoms with E-state index in [9.17, 15) is 9.90 Å². The van der Waals surface area contributed by atoms with E-state index in [4.69, 9.17) is 4.42 Å². The molecular weight excluding hydrogens is 210 g/mol. The van der Waals surface area contributed by atoms with Crippen molar-refractivity contribution >= 4 is 5.91 Å². The van der Waals surface area contributed by atoms with Crippen LogP contribution in [0.1, 0.15) is 18.4 Å². The zero-order valence-corrected chi connectivity index (χ0v) is 9.74. The summed E-state index contributed by atoms with van der Waals surface area (Å²) in [7, 11) is 1.44. The number of hydrogen-bond acceptors (Lipinski definition) is 4. The predicted octanol–water partition coefficient (Wildman–Crippen LogP) is 0.558. The van der Waals surface area contributed by atoms with Gasteiger partial charge in [0.1, 0.15) is 23.7 Å². The van der Waals surface area contributed by atoms with Crippen molar-refractivity contribution in [3.05, 3.63) is 23.7 Å². The first-order valence-corrected chi connectivity index (χ1v) is 5.00. The fraction of sp³-hybridized carbons (Fsp3) is 0.545. The van der Waals surface area contributed by atoms with E-state index in [0.29, 0.717) is 5.76 Å². The Kier molecular flexibility index (Phi) is 4.09. The molecule has 0 radical (unpaired) electrons. The summed E-state index contributed by atoms with van der Waals surface area (Å²) in [5.74, 6) is 0.882. The number of nitrogens with one attached hydrogen (secondary N) is 1. The van der Waals surface area contributed by atoms with Crippen molar-refractivity contribution in [3.63, 3.8) is 0 Å². The van der Waals surface area contributed by atoms with Crippen molar-refractivity contribution in [2.24, 2.45) is 0 Å². The molecule has 0 bridgehead atoms. The van der Waals surface area contributed by atoms with Gasteiger partial charge in [0.15, 0.2) is 0 Å². The Labute approximate surface area is 94.4 Å². The molecule has 0 saturated heterocycles. The summed E-state index contributed by atoms with van der Waals surface area (Å²) < 4.78 is 9.97. The lowest BCUT2D eigenvalue weighted by molar-refractivity contribution is -0.126. The van der Waals surface area contributed by atoms with Crippen LogP contribution in [0.3, 0.4) is 0 Å². The number of methoxy groups -OCH3 is 1. The highest BCUT2D eigenvalue weighted by Gasteiger charge is 2.27. The Morgan fingerprint density at radius 1 is 1.62 bits per heavy atom. The number of amides is 1. The summed E-state index contributed by atoms with van der Waals surface area (Å²) in [6.45, 7) is 3.44. The number of furan rings is 1. The lowest BCUT2D eigenvalue weighted by Crippen LogP contribution is -2.39. The topological polar surface area (TPSA) is 71.7 Å². The maximum atomic E-state index is 11.1. The standard InChI is InChI=1S/C11H17NO4/c1-8-4-5-9(16-8)11(2,14)7-12-10(13)6-15-3/h4-5,14H,6-7H2,1-3H3,(H,12,13). The van der Waals surface area contributed by atoms with Crippen molar-refractivity contribution in [3.8, 4) is 0 Å². The normalized spacial score (nSPS) is 14.5. The van der Waals surface area contributed by atoms with Gasteiger partial charge in [0.2, 0.25) is 5.91 Å². The monoisotopic (exact) mass is 227 g/mol. The Balaban J connectivity index is 2.55. The van der Waals surface area contributed by atoms with Crippen LogP contribution in [0.2, 0.25) is 0 Å². The highest BCUT2D eigenvalue weighted by Crippen LogP contribution is 2.21.